The first-order valence-electron chi connectivity index (χ1n) is 8.11. The van der Waals surface area contributed by atoms with E-state index in [2.05, 4.69) is 50.2 Å². The third-order valence-corrected chi connectivity index (χ3v) is 4.96. The summed E-state index contributed by atoms with van der Waals surface area (Å²) in [5, 5.41) is 7.45. The van der Waals surface area contributed by atoms with Crippen molar-refractivity contribution in [2.24, 2.45) is 0 Å². The number of ether oxygens (including phenoxy) is 2. The molecule has 0 saturated heterocycles. The number of aryl methyl sites for hydroxylation is 2. The maximum atomic E-state index is 5.45. The van der Waals surface area contributed by atoms with Crippen molar-refractivity contribution >= 4 is 32.3 Å². The molecule has 0 aliphatic rings. The van der Waals surface area contributed by atoms with Gasteiger partial charge in [0.15, 0.2) is 0 Å². The molecule has 0 aromatic heterocycles. The summed E-state index contributed by atoms with van der Waals surface area (Å²) in [5.74, 6) is 1.74. The quantitative estimate of drug-likeness (QED) is 0.436. The largest absolute Gasteiger partial charge is 0.497 e. The van der Waals surface area contributed by atoms with Gasteiger partial charge in [0.1, 0.15) is 11.5 Å². The molecular formula is C22H20O2. The summed E-state index contributed by atoms with van der Waals surface area (Å²) in [4.78, 5) is 0. The summed E-state index contributed by atoms with van der Waals surface area (Å²) in [6.07, 6.45) is 0. The van der Waals surface area contributed by atoms with Gasteiger partial charge in [0, 0.05) is 0 Å². The third-order valence-electron chi connectivity index (χ3n) is 4.96. The van der Waals surface area contributed by atoms with Gasteiger partial charge in [-0.3, -0.25) is 0 Å². The minimum atomic E-state index is 0.870. The molecule has 4 rings (SSSR count). The van der Waals surface area contributed by atoms with E-state index in [1.807, 2.05) is 12.1 Å². The molecule has 0 atom stereocenters. The Kier molecular flexibility index (Phi) is 3.34. The van der Waals surface area contributed by atoms with Crippen molar-refractivity contribution in [1.82, 2.24) is 0 Å². The van der Waals surface area contributed by atoms with E-state index in [1.54, 1.807) is 14.2 Å². The van der Waals surface area contributed by atoms with Crippen LogP contribution in [0.2, 0.25) is 0 Å². The molecule has 0 unspecified atom stereocenters. The van der Waals surface area contributed by atoms with Gasteiger partial charge in [0.2, 0.25) is 0 Å². The van der Waals surface area contributed by atoms with Gasteiger partial charge < -0.3 is 9.47 Å². The third kappa shape index (κ3) is 2.10. The SMILES string of the molecule is COc1ccc2c(c1)c1cc(OC)ccc1c1cc(C)c(C)cc21. The smallest absolute Gasteiger partial charge is 0.119 e. The fraction of sp³-hybridized carbons (Fsp3) is 0.182. The zero-order valence-corrected chi connectivity index (χ0v) is 14.4. The molecular weight excluding hydrogens is 296 g/mol. The van der Waals surface area contributed by atoms with Crippen LogP contribution in [0.4, 0.5) is 0 Å². The zero-order chi connectivity index (χ0) is 16.8. The highest BCUT2D eigenvalue weighted by molar-refractivity contribution is 6.25. The van der Waals surface area contributed by atoms with Crippen molar-refractivity contribution in [2.45, 2.75) is 13.8 Å². The van der Waals surface area contributed by atoms with Gasteiger partial charge in [-0.25, -0.2) is 0 Å². The molecule has 0 aliphatic carbocycles. The summed E-state index contributed by atoms with van der Waals surface area (Å²) < 4.78 is 10.9. The monoisotopic (exact) mass is 316 g/mol. The highest BCUT2D eigenvalue weighted by Crippen LogP contribution is 2.39. The predicted octanol–water partition coefficient (Wildman–Crippen LogP) is 5.78. The summed E-state index contributed by atoms with van der Waals surface area (Å²) in [7, 11) is 3.41. The van der Waals surface area contributed by atoms with E-state index >= 15 is 0 Å². The Morgan fingerprint density at radius 2 is 0.875 bits per heavy atom. The Hall–Kier alpha value is -2.74. The van der Waals surface area contributed by atoms with Crippen LogP contribution < -0.4 is 9.47 Å². The maximum absolute atomic E-state index is 5.45. The molecule has 120 valence electrons. The van der Waals surface area contributed by atoms with Crippen LogP contribution in [0.1, 0.15) is 11.1 Å². The average molecular weight is 316 g/mol. The highest BCUT2D eigenvalue weighted by atomic mass is 16.5. The zero-order valence-electron chi connectivity index (χ0n) is 14.4. The highest BCUT2D eigenvalue weighted by Gasteiger charge is 2.11. The molecule has 24 heavy (non-hydrogen) atoms. The minimum Gasteiger partial charge on any atom is -0.497 e. The first-order chi connectivity index (χ1) is 11.6. The average Bonchev–Trinajstić information content (AvgIpc) is 2.62. The summed E-state index contributed by atoms with van der Waals surface area (Å²) in [5.41, 5.74) is 2.62. The second-order valence-corrected chi connectivity index (χ2v) is 6.31. The lowest BCUT2D eigenvalue weighted by Gasteiger charge is -2.14. The Bertz CT molecular complexity index is 1010. The van der Waals surface area contributed by atoms with Crippen LogP contribution in [0.15, 0.2) is 48.5 Å². The summed E-state index contributed by atoms with van der Waals surface area (Å²) in [6, 6.07) is 17.2. The Balaban J connectivity index is 2.30. The van der Waals surface area contributed by atoms with Gasteiger partial charge >= 0.3 is 0 Å². The van der Waals surface area contributed by atoms with Crippen LogP contribution in [0.25, 0.3) is 32.3 Å². The number of hydrogen-bond acceptors (Lipinski definition) is 2. The molecule has 2 nitrogen and oxygen atoms in total. The van der Waals surface area contributed by atoms with Crippen molar-refractivity contribution in [3.63, 3.8) is 0 Å². The molecule has 0 spiro atoms. The van der Waals surface area contributed by atoms with Gasteiger partial charge in [-0.05, 0) is 81.6 Å². The van der Waals surface area contributed by atoms with Crippen LogP contribution in [-0.2, 0) is 0 Å². The molecule has 0 heterocycles. The van der Waals surface area contributed by atoms with Crippen LogP contribution in [-0.4, -0.2) is 14.2 Å². The molecule has 0 aliphatic heterocycles. The molecule has 0 fully saturated rings. The van der Waals surface area contributed by atoms with Crippen molar-refractivity contribution in [3.8, 4) is 11.5 Å². The van der Waals surface area contributed by atoms with E-state index in [1.165, 1.54) is 43.4 Å². The number of hydrogen-bond donors (Lipinski definition) is 0. The Morgan fingerprint density at radius 3 is 1.25 bits per heavy atom. The van der Waals surface area contributed by atoms with Gasteiger partial charge in [0.05, 0.1) is 14.2 Å². The van der Waals surface area contributed by atoms with Crippen molar-refractivity contribution in [3.05, 3.63) is 59.7 Å². The molecule has 0 N–H and O–H groups in total. The fourth-order valence-corrected chi connectivity index (χ4v) is 3.48. The van der Waals surface area contributed by atoms with E-state index in [-0.39, 0.29) is 0 Å². The Labute approximate surface area is 141 Å². The van der Waals surface area contributed by atoms with Gasteiger partial charge in [-0.15, -0.1) is 0 Å². The molecule has 2 heteroatoms. The van der Waals surface area contributed by atoms with Crippen LogP contribution in [0, 0.1) is 13.8 Å². The van der Waals surface area contributed by atoms with Crippen LogP contribution >= 0.6 is 0 Å². The van der Waals surface area contributed by atoms with Crippen molar-refractivity contribution in [2.75, 3.05) is 14.2 Å². The topological polar surface area (TPSA) is 18.5 Å². The molecule has 0 amide bonds. The van der Waals surface area contributed by atoms with E-state index in [9.17, 15) is 0 Å². The minimum absolute atomic E-state index is 0.870. The van der Waals surface area contributed by atoms with Crippen LogP contribution in [0.3, 0.4) is 0 Å². The second kappa shape index (κ2) is 5.41. The number of fused-ring (bicyclic) bond motifs is 6. The summed E-state index contributed by atoms with van der Waals surface area (Å²) >= 11 is 0. The lowest BCUT2D eigenvalue weighted by Crippen LogP contribution is -1.90. The first-order valence-corrected chi connectivity index (χ1v) is 8.11. The lowest BCUT2D eigenvalue weighted by atomic mass is 9.91. The number of methoxy groups -OCH3 is 2. The predicted molar refractivity (Wildman–Crippen MR) is 102 cm³/mol. The maximum Gasteiger partial charge on any atom is 0.119 e. The van der Waals surface area contributed by atoms with E-state index < -0.39 is 0 Å². The van der Waals surface area contributed by atoms with E-state index in [0.29, 0.717) is 0 Å². The van der Waals surface area contributed by atoms with Crippen molar-refractivity contribution in [1.29, 1.82) is 0 Å². The second-order valence-electron chi connectivity index (χ2n) is 6.31. The molecule has 0 bridgehead atoms. The number of rotatable bonds is 2. The molecule has 0 radical (unpaired) electrons. The molecule has 4 aromatic rings. The summed E-state index contributed by atoms with van der Waals surface area (Å²) in [6.45, 7) is 4.34. The molecule has 0 saturated carbocycles. The normalized spacial score (nSPS) is 11.3. The fourth-order valence-electron chi connectivity index (χ4n) is 3.48. The van der Waals surface area contributed by atoms with Gasteiger partial charge in [0.25, 0.3) is 0 Å². The standard InChI is InChI=1S/C22H20O2/c1-13-9-19-17-7-5-15(23-3)11-21(17)22-12-16(24-4)6-8-18(22)20(19)10-14(13)2/h5-12H,1-4H3. The van der Waals surface area contributed by atoms with Crippen molar-refractivity contribution < 1.29 is 9.47 Å². The van der Waals surface area contributed by atoms with Crippen LogP contribution in [0.5, 0.6) is 11.5 Å². The van der Waals surface area contributed by atoms with Gasteiger partial charge in [-0.2, -0.15) is 0 Å². The Morgan fingerprint density at radius 1 is 0.500 bits per heavy atom. The van der Waals surface area contributed by atoms with E-state index in [0.717, 1.165) is 11.5 Å². The number of benzene rings is 4. The lowest BCUT2D eigenvalue weighted by molar-refractivity contribution is 0.415. The van der Waals surface area contributed by atoms with E-state index in [4.69, 9.17) is 9.47 Å². The first kappa shape index (κ1) is 14.8. The van der Waals surface area contributed by atoms with Gasteiger partial charge in [-0.1, -0.05) is 24.3 Å². The molecule has 4 aromatic carbocycles.